The highest BCUT2D eigenvalue weighted by molar-refractivity contribution is 5.95. The van der Waals surface area contributed by atoms with E-state index in [0.29, 0.717) is 36.0 Å². The summed E-state index contributed by atoms with van der Waals surface area (Å²) < 4.78 is 13.2. The molecule has 9 heteroatoms. The molecule has 0 N–H and O–H groups in total. The van der Waals surface area contributed by atoms with E-state index in [1.54, 1.807) is 42.6 Å². The highest BCUT2D eigenvalue weighted by Gasteiger charge is 2.28. The molecule has 178 valence electrons. The number of likely N-dealkylation sites (tertiary alicyclic amines) is 1. The maximum atomic E-state index is 13.2. The molecule has 0 unspecified atom stereocenters. The summed E-state index contributed by atoms with van der Waals surface area (Å²) in [5.74, 6) is 1.83. The lowest BCUT2D eigenvalue weighted by Gasteiger charge is -2.32. The largest absolute Gasteiger partial charge is 0.493 e. The summed E-state index contributed by atoms with van der Waals surface area (Å²) in [7, 11) is 3.46. The summed E-state index contributed by atoms with van der Waals surface area (Å²) in [4.78, 5) is 28.5. The Morgan fingerprint density at radius 1 is 1.00 bits per heavy atom. The molecule has 1 aromatic carbocycles. The van der Waals surface area contributed by atoms with E-state index in [1.807, 2.05) is 48.5 Å². The van der Waals surface area contributed by atoms with Crippen LogP contribution in [0.5, 0.6) is 17.4 Å². The predicted octanol–water partition coefficient (Wildman–Crippen LogP) is 4.09. The number of hydrogen-bond acceptors (Lipinski definition) is 7. The molecule has 3 aromatic heterocycles. The number of aromatic nitrogens is 5. The number of rotatable bonds is 6. The lowest BCUT2D eigenvalue weighted by molar-refractivity contribution is 0.0711. The van der Waals surface area contributed by atoms with Gasteiger partial charge in [0, 0.05) is 62.0 Å². The number of ether oxygens (including phenoxy) is 2. The van der Waals surface area contributed by atoms with Gasteiger partial charge < -0.3 is 14.4 Å². The number of nitrogens with zero attached hydrogens (tertiary/aromatic N) is 6. The molecule has 9 nitrogen and oxygen atoms in total. The summed E-state index contributed by atoms with van der Waals surface area (Å²) in [5, 5.41) is 4.19. The fraction of sp³-hybridized carbons (Fsp3) is 0.269. The Balaban J connectivity index is 1.28. The summed E-state index contributed by atoms with van der Waals surface area (Å²) in [5.41, 5.74) is 3.04. The summed E-state index contributed by atoms with van der Waals surface area (Å²) in [6.45, 7) is 1.25. The molecule has 1 aliphatic heterocycles. The van der Waals surface area contributed by atoms with Crippen LogP contribution in [0.4, 0.5) is 0 Å². The fourth-order valence-corrected chi connectivity index (χ4v) is 4.32. The van der Waals surface area contributed by atoms with Crippen molar-refractivity contribution in [3.05, 3.63) is 78.6 Å². The van der Waals surface area contributed by atoms with Gasteiger partial charge in [-0.2, -0.15) is 5.10 Å². The molecule has 0 radical (unpaired) electrons. The number of pyridine rings is 1. The number of carbonyl (C=O) groups is 1. The van der Waals surface area contributed by atoms with Gasteiger partial charge in [-0.25, -0.2) is 4.98 Å². The lowest BCUT2D eigenvalue weighted by Crippen LogP contribution is -2.38. The van der Waals surface area contributed by atoms with Gasteiger partial charge in [0.15, 0.2) is 11.5 Å². The van der Waals surface area contributed by atoms with E-state index in [-0.39, 0.29) is 11.8 Å². The zero-order valence-corrected chi connectivity index (χ0v) is 19.7. The van der Waals surface area contributed by atoms with Gasteiger partial charge in [-0.1, -0.05) is 12.1 Å². The smallest absolute Gasteiger partial charge is 0.253 e. The van der Waals surface area contributed by atoms with Crippen LogP contribution in [-0.2, 0) is 7.05 Å². The molecule has 0 spiro atoms. The minimum Gasteiger partial charge on any atom is -0.493 e. The van der Waals surface area contributed by atoms with E-state index < -0.39 is 0 Å². The van der Waals surface area contributed by atoms with Crippen LogP contribution in [0.15, 0.2) is 67.4 Å². The van der Waals surface area contributed by atoms with Crippen LogP contribution in [0.3, 0.4) is 0 Å². The molecular weight excluding hydrogens is 444 g/mol. The Morgan fingerprint density at radius 2 is 1.77 bits per heavy atom. The van der Waals surface area contributed by atoms with Crippen molar-refractivity contribution in [2.45, 2.75) is 18.8 Å². The second-order valence-corrected chi connectivity index (χ2v) is 8.40. The third-order valence-corrected chi connectivity index (χ3v) is 6.14. The summed E-state index contributed by atoms with van der Waals surface area (Å²) in [6, 6.07) is 11.0. The van der Waals surface area contributed by atoms with Crippen LogP contribution >= 0.6 is 0 Å². The van der Waals surface area contributed by atoms with Gasteiger partial charge >= 0.3 is 0 Å². The van der Waals surface area contributed by atoms with E-state index in [9.17, 15) is 4.79 Å². The van der Waals surface area contributed by atoms with Crippen molar-refractivity contribution in [3.63, 3.8) is 0 Å². The average molecular weight is 471 g/mol. The third kappa shape index (κ3) is 4.84. The molecule has 1 aliphatic rings. The first-order valence-electron chi connectivity index (χ1n) is 11.5. The highest BCUT2D eigenvalue weighted by Crippen LogP contribution is 2.36. The molecular formula is C26H26N6O3. The Kier molecular flexibility index (Phi) is 6.38. The average Bonchev–Trinajstić information content (AvgIpc) is 3.35. The molecule has 0 bridgehead atoms. The SMILES string of the molecule is COc1ccccc1Oc1nccnc1C1CCN(C(=O)c2ccnc(-c3cnn(C)c3)c2)CC1. The number of carbonyl (C=O) groups excluding carboxylic acids is 1. The minimum atomic E-state index is 0.000585. The Hall–Kier alpha value is -4.27. The normalized spacial score (nSPS) is 14.1. The standard InChI is InChI=1S/C26H26N6O3/c1-31-17-20(16-30-31)21-15-19(7-10-27-21)26(33)32-13-8-18(9-14-32)24-25(29-12-11-28-24)35-23-6-4-3-5-22(23)34-2/h3-7,10-12,15-18H,8-9,13-14H2,1-2H3. The topological polar surface area (TPSA) is 95.3 Å². The first-order valence-corrected chi connectivity index (χ1v) is 11.5. The molecule has 0 atom stereocenters. The minimum absolute atomic E-state index is 0.000585. The monoisotopic (exact) mass is 470 g/mol. The van der Waals surface area contributed by atoms with Crippen LogP contribution in [0, 0.1) is 0 Å². The van der Waals surface area contributed by atoms with E-state index >= 15 is 0 Å². The van der Waals surface area contributed by atoms with Crippen molar-refractivity contribution in [2.24, 2.45) is 7.05 Å². The Labute approximate surface area is 203 Å². The molecule has 4 heterocycles. The van der Waals surface area contributed by atoms with E-state index in [2.05, 4.69) is 20.1 Å². The molecule has 4 aromatic rings. The predicted molar refractivity (Wildman–Crippen MR) is 129 cm³/mol. The fourth-order valence-electron chi connectivity index (χ4n) is 4.32. The maximum absolute atomic E-state index is 13.2. The molecule has 1 saturated heterocycles. The second-order valence-electron chi connectivity index (χ2n) is 8.40. The highest BCUT2D eigenvalue weighted by atomic mass is 16.5. The van der Waals surface area contributed by atoms with E-state index in [0.717, 1.165) is 29.8 Å². The van der Waals surface area contributed by atoms with Gasteiger partial charge in [0.05, 0.1) is 19.0 Å². The number of amides is 1. The van der Waals surface area contributed by atoms with Crippen LogP contribution in [0.1, 0.15) is 34.8 Å². The van der Waals surface area contributed by atoms with Crippen molar-refractivity contribution < 1.29 is 14.3 Å². The number of methoxy groups -OCH3 is 1. The summed E-state index contributed by atoms with van der Waals surface area (Å²) >= 11 is 0. The number of benzene rings is 1. The summed E-state index contributed by atoms with van der Waals surface area (Å²) in [6.07, 6.45) is 10.1. The first kappa shape index (κ1) is 22.5. The van der Waals surface area contributed by atoms with Crippen molar-refractivity contribution in [1.29, 1.82) is 0 Å². The van der Waals surface area contributed by atoms with Gasteiger partial charge in [0.2, 0.25) is 5.88 Å². The molecule has 1 amide bonds. The first-order chi connectivity index (χ1) is 17.1. The van der Waals surface area contributed by atoms with Crippen molar-refractivity contribution in [3.8, 4) is 28.6 Å². The molecule has 1 fully saturated rings. The van der Waals surface area contributed by atoms with Gasteiger partial charge in [0.25, 0.3) is 5.91 Å². The van der Waals surface area contributed by atoms with Crippen molar-refractivity contribution in [2.75, 3.05) is 20.2 Å². The van der Waals surface area contributed by atoms with Gasteiger partial charge in [-0.05, 0) is 37.1 Å². The van der Waals surface area contributed by atoms with Gasteiger partial charge in [0.1, 0.15) is 5.69 Å². The van der Waals surface area contributed by atoms with Crippen LogP contribution in [0.2, 0.25) is 0 Å². The molecule has 35 heavy (non-hydrogen) atoms. The number of para-hydroxylation sites is 2. The number of hydrogen-bond donors (Lipinski definition) is 0. The zero-order valence-electron chi connectivity index (χ0n) is 19.7. The lowest BCUT2D eigenvalue weighted by atomic mass is 9.93. The molecule has 0 saturated carbocycles. The van der Waals surface area contributed by atoms with Gasteiger partial charge in [-0.3, -0.25) is 19.4 Å². The van der Waals surface area contributed by atoms with Gasteiger partial charge in [-0.15, -0.1) is 0 Å². The van der Waals surface area contributed by atoms with Crippen molar-refractivity contribution >= 4 is 5.91 Å². The Morgan fingerprint density at radius 3 is 2.51 bits per heavy atom. The third-order valence-electron chi connectivity index (χ3n) is 6.14. The van der Waals surface area contributed by atoms with E-state index in [4.69, 9.17) is 9.47 Å². The van der Waals surface area contributed by atoms with Crippen molar-refractivity contribution in [1.82, 2.24) is 29.6 Å². The second kappa shape index (κ2) is 9.92. The number of piperidine rings is 1. The maximum Gasteiger partial charge on any atom is 0.253 e. The van der Waals surface area contributed by atoms with E-state index in [1.165, 1.54) is 0 Å². The number of aryl methyl sites for hydroxylation is 1. The van der Waals surface area contributed by atoms with Crippen LogP contribution < -0.4 is 9.47 Å². The molecule has 5 rings (SSSR count). The zero-order chi connectivity index (χ0) is 24.2. The quantitative estimate of drug-likeness (QED) is 0.419. The van der Waals surface area contributed by atoms with Crippen LogP contribution in [0.25, 0.3) is 11.3 Å². The van der Waals surface area contributed by atoms with Crippen LogP contribution in [-0.4, -0.2) is 55.7 Å². The Bertz CT molecular complexity index is 1330. The molecule has 0 aliphatic carbocycles.